The van der Waals surface area contributed by atoms with Crippen molar-refractivity contribution in [2.75, 3.05) is 11.6 Å². The predicted molar refractivity (Wildman–Crippen MR) is 84.2 cm³/mol. The highest BCUT2D eigenvalue weighted by Gasteiger charge is 2.17. The maximum Gasteiger partial charge on any atom is 0.230 e. The molecule has 0 aliphatic heterocycles. The van der Waals surface area contributed by atoms with Crippen molar-refractivity contribution in [3.63, 3.8) is 0 Å². The topological polar surface area (TPSA) is 85.8 Å². The van der Waals surface area contributed by atoms with Crippen LogP contribution in [0.3, 0.4) is 0 Å². The van der Waals surface area contributed by atoms with Gasteiger partial charge in [-0.3, -0.25) is 4.79 Å². The first-order chi connectivity index (χ1) is 10.3. The van der Waals surface area contributed by atoms with Crippen LogP contribution in [0.15, 0.2) is 29.4 Å². The summed E-state index contributed by atoms with van der Waals surface area (Å²) in [6.07, 6.45) is 0. The Morgan fingerprint density at radius 2 is 1.95 bits per heavy atom. The number of aromatic nitrogens is 3. The lowest BCUT2D eigenvalue weighted by atomic mass is 10.1. The number of halogens is 1. The number of nitrogens with zero attached hydrogens (tertiary/aromatic N) is 3. The summed E-state index contributed by atoms with van der Waals surface area (Å²) in [4.78, 5) is 11.8. The zero-order valence-corrected chi connectivity index (χ0v) is 13.4. The first-order valence-corrected chi connectivity index (χ1v) is 7.65. The molecule has 0 fully saturated rings. The number of hydrogen-bond donors (Lipinski definition) is 2. The second-order valence-corrected chi connectivity index (χ2v) is 6.71. The van der Waals surface area contributed by atoms with Crippen molar-refractivity contribution >= 4 is 17.7 Å². The average Bonchev–Trinajstić information content (AvgIpc) is 2.77. The van der Waals surface area contributed by atoms with Gasteiger partial charge >= 0.3 is 0 Å². The van der Waals surface area contributed by atoms with Crippen LogP contribution in [-0.4, -0.2) is 32.1 Å². The quantitative estimate of drug-likeness (QED) is 0.662. The van der Waals surface area contributed by atoms with Gasteiger partial charge in [-0.05, 0) is 45.0 Å². The normalized spacial score (nSPS) is 11.5. The van der Waals surface area contributed by atoms with Crippen molar-refractivity contribution in [1.29, 1.82) is 0 Å². The molecular weight excluding hydrogens is 305 g/mol. The standard InChI is InChI=1S/C14H18FN5OS/c1-14(2,3)17-11(21)8-22-13-19-18-12(20(13)16)9-4-6-10(15)7-5-9/h4-7H,8,16H2,1-3H3,(H,17,21). The minimum Gasteiger partial charge on any atom is -0.351 e. The summed E-state index contributed by atoms with van der Waals surface area (Å²) in [7, 11) is 0. The molecule has 1 aromatic carbocycles. The highest BCUT2D eigenvalue weighted by atomic mass is 32.2. The Kier molecular flexibility index (Phi) is 4.70. The number of nitrogen functional groups attached to an aromatic ring is 1. The van der Waals surface area contributed by atoms with Gasteiger partial charge in [0, 0.05) is 11.1 Å². The van der Waals surface area contributed by atoms with Crippen molar-refractivity contribution in [1.82, 2.24) is 20.2 Å². The van der Waals surface area contributed by atoms with Crippen LogP contribution in [0.2, 0.25) is 0 Å². The van der Waals surface area contributed by atoms with Gasteiger partial charge in [0.1, 0.15) is 5.82 Å². The Labute approximate surface area is 132 Å². The maximum absolute atomic E-state index is 12.9. The van der Waals surface area contributed by atoms with Crippen molar-refractivity contribution in [2.24, 2.45) is 0 Å². The summed E-state index contributed by atoms with van der Waals surface area (Å²) in [5.74, 6) is 6.10. The van der Waals surface area contributed by atoms with Crippen LogP contribution in [-0.2, 0) is 4.79 Å². The molecule has 118 valence electrons. The fourth-order valence-electron chi connectivity index (χ4n) is 1.76. The SMILES string of the molecule is CC(C)(C)NC(=O)CSc1nnc(-c2ccc(F)cc2)n1N. The zero-order valence-electron chi connectivity index (χ0n) is 12.6. The van der Waals surface area contributed by atoms with Gasteiger partial charge in [0.15, 0.2) is 5.82 Å². The van der Waals surface area contributed by atoms with E-state index in [1.54, 1.807) is 12.1 Å². The van der Waals surface area contributed by atoms with Crippen molar-refractivity contribution in [3.8, 4) is 11.4 Å². The van der Waals surface area contributed by atoms with Gasteiger partial charge in [0.25, 0.3) is 0 Å². The van der Waals surface area contributed by atoms with E-state index in [4.69, 9.17) is 5.84 Å². The molecule has 2 aromatic rings. The molecule has 6 nitrogen and oxygen atoms in total. The summed E-state index contributed by atoms with van der Waals surface area (Å²) in [6.45, 7) is 5.73. The summed E-state index contributed by atoms with van der Waals surface area (Å²) >= 11 is 1.19. The van der Waals surface area contributed by atoms with Crippen LogP contribution < -0.4 is 11.2 Å². The second kappa shape index (κ2) is 6.35. The second-order valence-electron chi connectivity index (χ2n) is 5.77. The van der Waals surface area contributed by atoms with Crippen molar-refractivity contribution in [2.45, 2.75) is 31.5 Å². The summed E-state index contributed by atoms with van der Waals surface area (Å²) in [6, 6.07) is 5.80. The smallest absolute Gasteiger partial charge is 0.230 e. The van der Waals surface area contributed by atoms with Crippen LogP contribution in [0.5, 0.6) is 0 Å². The van der Waals surface area contributed by atoms with Gasteiger partial charge in [0.2, 0.25) is 11.1 Å². The molecule has 8 heteroatoms. The van der Waals surface area contributed by atoms with Crippen LogP contribution in [0.1, 0.15) is 20.8 Å². The first kappa shape index (κ1) is 16.3. The van der Waals surface area contributed by atoms with Gasteiger partial charge in [-0.1, -0.05) is 11.8 Å². The average molecular weight is 323 g/mol. The first-order valence-electron chi connectivity index (χ1n) is 6.66. The van der Waals surface area contributed by atoms with E-state index >= 15 is 0 Å². The van der Waals surface area contributed by atoms with Crippen molar-refractivity contribution < 1.29 is 9.18 Å². The van der Waals surface area contributed by atoms with E-state index in [-0.39, 0.29) is 23.0 Å². The highest BCUT2D eigenvalue weighted by Crippen LogP contribution is 2.21. The molecule has 22 heavy (non-hydrogen) atoms. The molecule has 0 bridgehead atoms. The molecule has 0 aliphatic rings. The Balaban J connectivity index is 2.05. The molecule has 1 heterocycles. The maximum atomic E-state index is 12.9. The summed E-state index contributed by atoms with van der Waals surface area (Å²) < 4.78 is 14.2. The fraction of sp³-hybridized carbons (Fsp3) is 0.357. The van der Waals surface area contributed by atoms with Crippen LogP contribution in [0.25, 0.3) is 11.4 Å². The van der Waals surface area contributed by atoms with E-state index in [2.05, 4.69) is 15.5 Å². The number of hydrogen-bond acceptors (Lipinski definition) is 5. The lowest BCUT2D eigenvalue weighted by Crippen LogP contribution is -2.41. The molecule has 0 saturated carbocycles. The number of carbonyl (C=O) groups excluding carboxylic acids is 1. The molecule has 0 spiro atoms. The van der Waals surface area contributed by atoms with E-state index < -0.39 is 0 Å². The third kappa shape index (κ3) is 4.20. The summed E-state index contributed by atoms with van der Waals surface area (Å²) in [5, 5.41) is 11.2. The Hall–Kier alpha value is -2.09. The number of thioether (sulfide) groups is 1. The van der Waals surface area contributed by atoms with Gasteiger partial charge in [-0.25, -0.2) is 9.07 Å². The summed E-state index contributed by atoms with van der Waals surface area (Å²) in [5.41, 5.74) is 0.371. The largest absolute Gasteiger partial charge is 0.351 e. The minimum atomic E-state index is -0.333. The Morgan fingerprint density at radius 3 is 2.55 bits per heavy atom. The number of nitrogens with one attached hydrogen (secondary N) is 1. The molecule has 0 radical (unpaired) electrons. The van der Waals surface area contributed by atoms with E-state index in [1.165, 1.54) is 28.6 Å². The third-order valence-electron chi connectivity index (χ3n) is 2.61. The fourth-order valence-corrected chi connectivity index (χ4v) is 2.41. The zero-order chi connectivity index (χ0) is 16.3. The van der Waals surface area contributed by atoms with E-state index in [1.807, 2.05) is 20.8 Å². The van der Waals surface area contributed by atoms with E-state index in [0.717, 1.165) is 0 Å². The molecule has 0 aliphatic carbocycles. The number of carbonyl (C=O) groups is 1. The van der Waals surface area contributed by atoms with Gasteiger partial charge in [-0.2, -0.15) is 0 Å². The monoisotopic (exact) mass is 323 g/mol. The lowest BCUT2D eigenvalue weighted by Gasteiger charge is -2.20. The highest BCUT2D eigenvalue weighted by molar-refractivity contribution is 7.99. The molecule has 2 rings (SSSR count). The molecule has 0 unspecified atom stereocenters. The lowest BCUT2D eigenvalue weighted by molar-refractivity contribution is -0.119. The molecule has 0 atom stereocenters. The number of benzene rings is 1. The van der Waals surface area contributed by atoms with E-state index in [9.17, 15) is 9.18 Å². The Morgan fingerprint density at radius 1 is 1.32 bits per heavy atom. The van der Waals surface area contributed by atoms with Crippen LogP contribution in [0, 0.1) is 5.82 Å². The number of amides is 1. The van der Waals surface area contributed by atoms with Gasteiger partial charge < -0.3 is 11.2 Å². The molecule has 1 aromatic heterocycles. The third-order valence-corrected chi connectivity index (χ3v) is 3.56. The minimum absolute atomic E-state index is 0.108. The predicted octanol–water partition coefficient (Wildman–Crippen LogP) is 1.80. The molecule has 1 amide bonds. The van der Waals surface area contributed by atoms with Gasteiger partial charge in [0.05, 0.1) is 5.75 Å². The van der Waals surface area contributed by atoms with Crippen molar-refractivity contribution in [3.05, 3.63) is 30.1 Å². The van der Waals surface area contributed by atoms with E-state index in [0.29, 0.717) is 16.5 Å². The van der Waals surface area contributed by atoms with Crippen LogP contribution in [0.4, 0.5) is 4.39 Å². The molecular formula is C14H18FN5OS. The number of rotatable bonds is 4. The van der Waals surface area contributed by atoms with Crippen LogP contribution >= 0.6 is 11.8 Å². The number of nitrogens with two attached hydrogens (primary N) is 1. The Bertz CT molecular complexity index is 663. The molecule has 0 saturated heterocycles. The van der Waals surface area contributed by atoms with Gasteiger partial charge in [-0.15, -0.1) is 10.2 Å². The molecule has 3 N–H and O–H groups in total.